The van der Waals surface area contributed by atoms with Crippen molar-refractivity contribution in [2.24, 2.45) is 0 Å². The molecule has 1 amide bonds. The number of nitrogens with one attached hydrogen (secondary N) is 1. The van der Waals surface area contributed by atoms with Gasteiger partial charge in [-0.25, -0.2) is 0 Å². The van der Waals surface area contributed by atoms with Gasteiger partial charge in [-0.1, -0.05) is 109 Å². The molecule has 0 aliphatic heterocycles. The zero-order valence-corrected chi connectivity index (χ0v) is 20.6. The molecule has 0 radical (unpaired) electrons. The van der Waals surface area contributed by atoms with E-state index in [2.05, 4.69) is 19.2 Å². The zero-order chi connectivity index (χ0) is 22.7. The van der Waals surface area contributed by atoms with E-state index >= 15 is 0 Å². The summed E-state index contributed by atoms with van der Waals surface area (Å²) in [6.07, 6.45) is 22.0. The number of amides is 1. The van der Waals surface area contributed by atoms with E-state index < -0.39 is 12.1 Å². The van der Waals surface area contributed by atoms with Crippen LogP contribution in [0.15, 0.2) is 11.1 Å². The van der Waals surface area contributed by atoms with Crippen LogP contribution in [0.5, 0.6) is 0 Å². The van der Waals surface area contributed by atoms with Crippen LogP contribution in [0.3, 0.4) is 0 Å². The molecule has 0 aromatic carbocycles. The third-order valence-corrected chi connectivity index (χ3v) is 6.60. The largest absolute Gasteiger partial charge is 0.394 e. The minimum Gasteiger partial charge on any atom is -0.394 e. The number of carbonyl (C=O) groups excluding carboxylic acids is 1. The van der Waals surface area contributed by atoms with Crippen molar-refractivity contribution in [2.75, 3.05) is 6.61 Å². The Morgan fingerprint density at radius 1 is 0.806 bits per heavy atom. The molecule has 1 aliphatic carbocycles. The van der Waals surface area contributed by atoms with Crippen molar-refractivity contribution in [3.05, 3.63) is 11.1 Å². The maximum atomic E-state index is 12.1. The maximum absolute atomic E-state index is 12.1. The summed E-state index contributed by atoms with van der Waals surface area (Å²) in [6, 6.07) is -0.562. The van der Waals surface area contributed by atoms with Crippen molar-refractivity contribution in [3.63, 3.8) is 0 Å². The fourth-order valence-electron chi connectivity index (χ4n) is 4.39. The van der Waals surface area contributed by atoms with Gasteiger partial charge in [0.25, 0.3) is 0 Å². The molecule has 0 aromatic heterocycles. The molecule has 0 unspecified atom stereocenters. The SMILES string of the molecule is CCCCCCCCCCCCCC1=C([C@H](O)[C@H](CO)NC(=O)CCCCCCC)C1. The Hall–Kier alpha value is -0.870. The number of carbonyl (C=O) groups is 1. The quantitative estimate of drug-likeness (QED) is 0.132. The van der Waals surface area contributed by atoms with Crippen LogP contribution in [0.25, 0.3) is 0 Å². The van der Waals surface area contributed by atoms with E-state index in [1.807, 2.05) is 0 Å². The van der Waals surface area contributed by atoms with Crippen LogP contribution in [-0.2, 0) is 4.79 Å². The van der Waals surface area contributed by atoms with Crippen LogP contribution in [0.2, 0.25) is 0 Å². The molecule has 4 nitrogen and oxygen atoms in total. The van der Waals surface area contributed by atoms with Crippen LogP contribution in [0, 0.1) is 0 Å². The predicted molar refractivity (Wildman–Crippen MR) is 131 cm³/mol. The molecular formula is C27H51NO3. The first-order valence-corrected chi connectivity index (χ1v) is 13.4. The Labute approximate surface area is 192 Å². The Balaban J connectivity index is 2.09. The molecule has 31 heavy (non-hydrogen) atoms. The van der Waals surface area contributed by atoms with E-state index in [9.17, 15) is 15.0 Å². The lowest BCUT2D eigenvalue weighted by atomic mass is 10.0. The number of hydrogen-bond acceptors (Lipinski definition) is 3. The fraction of sp³-hybridized carbons (Fsp3) is 0.889. The van der Waals surface area contributed by atoms with Gasteiger partial charge in [0.1, 0.15) is 0 Å². The standard InChI is InChI=1S/C27H51NO3/c1-3-5-7-9-10-11-12-13-14-16-17-19-23-21-24(23)27(31)25(22-29)28-26(30)20-18-15-8-6-4-2/h25,27,29,31H,3-22H2,1-2H3,(H,28,30)/t25-,27-/m0/s1. The molecule has 4 heteroatoms. The highest BCUT2D eigenvalue weighted by Crippen LogP contribution is 2.38. The average Bonchev–Trinajstić information content (AvgIpc) is 3.54. The van der Waals surface area contributed by atoms with E-state index in [0.29, 0.717) is 6.42 Å². The summed E-state index contributed by atoms with van der Waals surface area (Å²) in [5, 5.41) is 23.0. The molecule has 0 heterocycles. The van der Waals surface area contributed by atoms with E-state index in [1.165, 1.54) is 95.5 Å². The summed E-state index contributed by atoms with van der Waals surface area (Å²) >= 11 is 0. The number of unbranched alkanes of at least 4 members (excludes halogenated alkanes) is 14. The van der Waals surface area contributed by atoms with Gasteiger partial charge in [0.2, 0.25) is 5.91 Å². The van der Waals surface area contributed by atoms with Crippen LogP contribution in [-0.4, -0.2) is 34.9 Å². The van der Waals surface area contributed by atoms with Gasteiger partial charge in [0, 0.05) is 6.42 Å². The molecule has 0 fully saturated rings. The summed E-state index contributed by atoms with van der Waals surface area (Å²) < 4.78 is 0. The summed E-state index contributed by atoms with van der Waals surface area (Å²) in [6.45, 7) is 4.23. The predicted octanol–water partition coefficient (Wildman–Crippen LogP) is 6.59. The molecule has 3 N–H and O–H groups in total. The monoisotopic (exact) mass is 437 g/mol. The second-order valence-electron chi connectivity index (χ2n) is 9.56. The maximum Gasteiger partial charge on any atom is 0.220 e. The Bertz CT molecular complexity index is 489. The highest BCUT2D eigenvalue weighted by molar-refractivity contribution is 5.76. The number of rotatable bonds is 22. The molecule has 0 saturated heterocycles. The van der Waals surface area contributed by atoms with Gasteiger partial charge in [-0.2, -0.15) is 0 Å². The number of hydrogen-bond donors (Lipinski definition) is 3. The molecule has 0 spiro atoms. The van der Waals surface area contributed by atoms with Crippen molar-refractivity contribution in [1.82, 2.24) is 5.32 Å². The van der Waals surface area contributed by atoms with Gasteiger partial charge in [-0.3, -0.25) is 4.79 Å². The molecule has 182 valence electrons. The van der Waals surface area contributed by atoms with Crippen molar-refractivity contribution in [3.8, 4) is 0 Å². The third kappa shape index (κ3) is 14.0. The average molecular weight is 438 g/mol. The number of aliphatic hydroxyl groups excluding tert-OH is 2. The van der Waals surface area contributed by atoms with E-state index in [1.54, 1.807) is 0 Å². The van der Waals surface area contributed by atoms with E-state index in [4.69, 9.17) is 0 Å². The molecule has 1 aliphatic rings. The second kappa shape index (κ2) is 18.7. The summed E-state index contributed by atoms with van der Waals surface area (Å²) in [7, 11) is 0. The lowest BCUT2D eigenvalue weighted by molar-refractivity contribution is -0.123. The Kier molecular flexibility index (Phi) is 17.0. The zero-order valence-electron chi connectivity index (χ0n) is 20.6. The van der Waals surface area contributed by atoms with Gasteiger partial charge in [0.05, 0.1) is 18.8 Å². The summed E-state index contributed by atoms with van der Waals surface area (Å²) in [4.78, 5) is 12.1. The number of allylic oxidation sites excluding steroid dienone is 1. The highest BCUT2D eigenvalue weighted by Gasteiger charge is 2.33. The van der Waals surface area contributed by atoms with Crippen molar-refractivity contribution >= 4 is 5.91 Å². The molecule has 0 aromatic rings. The second-order valence-corrected chi connectivity index (χ2v) is 9.56. The Morgan fingerprint density at radius 3 is 1.81 bits per heavy atom. The first kappa shape index (κ1) is 28.2. The highest BCUT2D eigenvalue weighted by atomic mass is 16.3. The van der Waals surface area contributed by atoms with E-state index in [-0.39, 0.29) is 12.5 Å². The lowest BCUT2D eigenvalue weighted by Gasteiger charge is -2.20. The van der Waals surface area contributed by atoms with Gasteiger partial charge in [0.15, 0.2) is 0 Å². The van der Waals surface area contributed by atoms with Gasteiger partial charge in [-0.05, 0) is 31.3 Å². The first-order valence-electron chi connectivity index (χ1n) is 13.4. The third-order valence-electron chi connectivity index (χ3n) is 6.60. The van der Waals surface area contributed by atoms with Gasteiger partial charge in [-0.15, -0.1) is 0 Å². The minimum atomic E-state index is -0.725. The normalized spacial score (nSPS) is 15.2. The van der Waals surface area contributed by atoms with Crippen LogP contribution in [0.1, 0.15) is 136 Å². The first-order chi connectivity index (χ1) is 15.1. The topological polar surface area (TPSA) is 69.6 Å². The van der Waals surface area contributed by atoms with Crippen LogP contribution >= 0.6 is 0 Å². The van der Waals surface area contributed by atoms with E-state index in [0.717, 1.165) is 31.3 Å². The molecule has 2 atom stereocenters. The molecule has 1 rings (SSSR count). The van der Waals surface area contributed by atoms with Gasteiger partial charge < -0.3 is 15.5 Å². The van der Waals surface area contributed by atoms with Crippen molar-refractivity contribution in [2.45, 2.75) is 148 Å². The van der Waals surface area contributed by atoms with Crippen LogP contribution in [0.4, 0.5) is 0 Å². The van der Waals surface area contributed by atoms with Gasteiger partial charge >= 0.3 is 0 Å². The Morgan fingerprint density at radius 2 is 1.29 bits per heavy atom. The minimum absolute atomic E-state index is 0.0530. The molecular weight excluding hydrogens is 386 g/mol. The molecule has 0 saturated carbocycles. The van der Waals surface area contributed by atoms with Crippen LogP contribution < -0.4 is 5.32 Å². The summed E-state index contributed by atoms with van der Waals surface area (Å²) in [5.74, 6) is -0.0530. The van der Waals surface area contributed by atoms with Crippen molar-refractivity contribution in [1.29, 1.82) is 0 Å². The molecule has 0 bridgehead atoms. The van der Waals surface area contributed by atoms with Crippen molar-refractivity contribution < 1.29 is 15.0 Å². The summed E-state index contributed by atoms with van der Waals surface area (Å²) in [5.41, 5.74) is 2.39. The number of aliphatic hydroxyl groups is 2. The smallest absolute Gasteiger partial charge is 0.220 e. The fourth-order valence-corrected chi connectivity index (χ4v) is 4.39. The lowest BCUT2D eigenvalue weighted by Crippen LogP contribution is -2.45.